The van der Waals surface area contributed by atoms with Gasteiger partial charge in [-0.1, -0.05) is 11.6 Å². The summed E-state index contributed by atoms with van der Waals surface area (Å²) in [6.45, 7) is 9.11. The minimum absolute atomic E-state index is 0.0159. The van der Waals surface area contributed by atoms with Crippen LogP contribution in [0.2, 0.25) is 5.15 Å². The second-order valence-corrected chi connectivity index (χ2v) is 11.0. The van der Waals surface area contributed by atoms with Gasteiger partial charge in [-0.3, -0.25) is 4.90 Å². The standard InChI is InChI=1S/C24H32ClFN6O3/c1-24(2,3)35-23(33)32-15-4-5-16(32)12-31(11-15)21-17-10-28-20(25)18(26)19(17)29-22(30-21)34-13-14-6-8-27-9-7-14/h10,14-16,27H,4-9,11-13H2,1-3H3. The van der Waals surface area contributed by atoms with Crippen LogP contribution in [0, 0.1) is 11.7 Å². The molecule has 0 spiro atoms. The molecule has 5 heterocycles. The number of hydrogen-bond acceptors (Lipinski definition) is 8. The first-order chi connectivity index (χ1) is 16.7. The SMILES string of the molecule is CC(C)(C)OC(=O)N1C2CCC1CN(c1nc(OCC3CCNCC3)nc3c(F)c(Cl)ncc13)C2. The predicted molar refractivity (Wildman–Crippen MR) is 130 cm³/mol. The van der Waals surface area contributed by atoms with Crippen molar-refractivity contribution in [1.82, 2.24) is 25.2 Å². The number of ether oxygens (including phenoxy) is 2. The molecule has 0 saturated carbocycles. The summed E-state index contributed by atoms with van der Waals surface area (Å²) in [6.07, 6.45) is 5.00. The maximum atomic E-state index is 15.0. The van der Waals surface area contributed by atoms with Crippen molar-refractivity contribution < 1.29 is 18.7 Å². The van der Waals surface area contributed by atoms with Gasteiger partial charge in [0.05, 0.1) is 24.1 Å². The van der Waals surface area contributed by atoms with E-state index in [0.29, 0.717) is 36.8 Å². The number of piperazine rings is 1. The fourth-order valence-electron chi connectivity index (χ4n) is 5.23. The van der Waals surface area contributed by atoms with Gasteiger partial charge in [-0.05, 0) is 65.5 Å². The Hall–Kier alpha value is -2.46. The molecule has 3 fully saturated rings. The Kier molecular flexibility index (Phi) is 6.61. The first-order valence-electron chi connectivity index (χ1n) is 12.3. The van der Waals surface area contributed by atoms with Crippen LogP contribution < -0.4 is 15.0 Å². The van der Waals surface area contributed by atoms with Crippen LogP contribution >= 0.6 is 11.6 Å². The molecule has 3 aliphatic rings. The van der Waals surface area contributed by atoms with E-state index >= 15 is 0 Å². The molecule has 3 aliphatic heterocycles. The van der Waals surface area contributed by atoms with E-state index in [1.807, 2.05) is 25.7 Å². The normalized spacial score (nSPS) is 23.1. The van der Waals surface area contributed by atoms with E-state index in [4.69, 9.17) is 26.1 Å². The number of amides is 1. The summed E-state index contributed by atoms with van der Waals surface area (Å²) in [6, 6.07) is 0.102. The first kappa shape index (κ1) is 24.2. The maximum Gasteiger partial charge on any atom is 0.410 e. The highest BCUT2D eigenvalue weighted by Gasteiger charge is 2.45. The van der Waals surface area contributed by atoms with Crippen molar-refractivity contribution in [3.05, 3.63) is 17.2 Å². The number of nitrogens with zero attached hydrogens (tertiary/aromatic N) is 5. The molecule has 0 aromatic carbocycles. The largest absolute Gasteiger partial charge is 0.463 e. The van der Waals surface area contributed by atoms with Crippen LogP contribution in [0.1, 0.15) is 46.5 Å². The van der Waals surface area contributed by atoms with Crippen LogP contribution in [0.15, 0.2) is 6.20 Å². The van der Waals surface area contributed by atoms with Crippen molar-refractivity contribution in [2.75, 3.05) is 37.7 Å². The summed E-state index contributed by atoms with van der Waals surface area (Å²) >= 11 is 5.97. The quantitative estimate of drug-likeness (QED) is 0.626. The predicted octanol–water partition coefficient (Wildman–Crippen LogP) is 3.78. The van der Waals surface area contributed by atoms with E-state index in [9.17, 15) is 9.18 Å². The number of pyridine rings is 1. The van der Waals surface area contributed by atoms with Crippen molar-refractivity contribution >= 4 is 34.4 Å². The molecule has 35 heavy (non-hydrogen) atoms. The third-order valence-electron chi connectivity index (χ3n) is 6.89. The van der Waals surface area contributed by atoms with Crippen LogP contribution in [0.5, 0.6) is 6.01 Å². The Balaban J connectivity index is 1.42. The van der Waals surface area contributed by atoms with Gasteiger partial charge in [0, 0.05) is 19.3 Å². The third-order valence-corrected chi connectivity index (χ3v) is 7.16. The molecule has 1 N–H and O–H groups in total. The van der Waals surface area contributed by atoms with E-state index in [-0.39, 0.29) is 34.9 Å². The maximum absolute atomic E-state index is 15.0. The number of fused-ring (bicyclic) bond motifs is 3. The Morgan fingerprint density at radius 3 is 2.51 bits per heavy atom. The smallest absolute Gasteiger partial charge is 0.410 e. The minimum Gasteiger partial charge on any atom is -0.463 e. The van der Waals surface area contributed by atoms with Gasteiger partial charge in [0.2, 0.25) is 0 Å². The van der Waals surface area contributed by atoms with Crippen molar-refractivity contribution in [3.8, 4) is 6.01 Å². The lowest BCUT2D eigenvalue weighted by Crippen LogP contribution is -2.57. The molecule has 9 nitrogen and oxygen atoms in total. The van der Waals surface area contributed by atoms with Gasteiger partial charge in [0.1, 0.15) is 16.9 Å². The van der Waals surface area contributed by atoms with Gasteiger partial charge < -0.3 is 19.7 Å². The van der Waals surface area contributed by atoms with Gasteiger partial charge in [-0.15, -0.1) is 0 Å². The van der Waals surface area contributed by atoms with Crippen molar-refractivity contribution in [2.24, 2.45) is 5.92 Å². The van der Waals surface area contributed by atoms with Crippen molar-refractivity contribution in [1.29, 1.82) is 0 Å². The molecule has 2 unspecified atom stereocenters. The number of rotatable bonds is 4. The average Bonchev–Trinajstić information content (AvgIpc) is 3.09. The van der Waals surface area contributed by atoms with Gasteiger partial charge in [0.25, 0.3) is 0 Å². The molecule has 11 heteroatoms. The Morgan fingerprint density at radius 2 is 1.86 bits per heavy atom. The molecule has 190 valence electrons. The fourth-order valence-corrected chi connectivity index (χ4v) is 5.37. The average molecular weight is 507 g/mol. The third kappa shape index (κ3) is 5.09. The number of hydrogen-bond donors (Lipinski definition) is 1. The Morgan fingerprint density at radius 1 is 1.17 bits per heavy atom. The number of carbonyl (C=O) groups excluding carboxylic acids is 1. The van der Waals surface area contributed by atoms with Crippen LogP contribution in [0.4, 0.5) is 15.0 Å². The zero-order chi connectivity index (χ0) is 24.7. The zero-order valence-electron chi connectivity index (χ0n) is 20.4. The highest BCUT2D eigenvalue weighted by atomic mass is 35.5. The molecule has 2 aromatic rings. The molecular formula is C24H32ClFN6O3. The summed E-state index contributed by atoms with van der Waals surface area (Å²) < 4.78 is 26.6. The van der Waals surface area contributed by atoms with Crippen LogP contribution in [-0.4, -0.2) is 76.4 Å². The summed E-state index contributed by atoms with van der Waals surface area (Å²) in [5.41, 5.74) is -0.461. The first-order valence-corrected chi connectivity index (χ1v) is 12.7. The van der Waals surface area contributed by atoms with Crippen LogP contribution in [0.3, 0.4) is 0 Å². The van der Waals surface area contributed by atoms with Crippen molar-refractivity contribution in [3.63, 3.8) is 0 Å². The molecular weight excluding hydrogens is 475 g/mol. The Bertz CT molecular complexity index is 1090. The van der Waals surface area contributed by atoms with E-state index in [2.05, 4.69) is 20.2 Å². The molecule has 2 atom stereocenters. The lowest BCUT2D eigenvalue weighted by atomic mass is 9.99. The number of carbonyl (C=O) groups is 1. The second-order valence-electron chi connectivity index (χ2n) is 10.6. The molecule has 0 aliphatic carbocycles. The number of aromatic nitrogens is 3. The lowest BCUT2D eigenvalue weighted by Gasteiger charge is -2.42. The zero-order valence-corrected chi connectivity index (χ0v) is 21.1. The van der Waals surface area contributed by atoms with Gasteiger partial charge in [0.15, 0.2) is 11.0 Å². The molecule has 2 bridgehead atoms. The van der Waals surface area contributed by atoms with E-state index in [1.165, 1.54) is 6.20 Å². The molecule has 5 rings (SSSR count). The number of piperidine rings is 1. The van der Waals surface area contributed by atoms with Gasteiger partial charge in [-0.2, -0.15) is 9.97 Å². The second kappa shape index (κ2) is 9.54. The summed E-state index contributed by atoms with van der Waals surface area (Å²) in [4.78, 5) is 29.9. The molecule has 2 aromatic heterocycles. The molecule has 3 saturated heterocycles. The highest BCUT2D eigenvalue weighted by Crippen LogP contribution is 2.37. The van der Waals surface area contributed by atoms with Gasteiger partial charge >= 0.3 is 12.1 Å². The van der Waals surface area contributed by atoms with E-state index in [1.54, 1.807) is 0 Å². The van der Waals surface area contributed by atoms with E-state index in [0.717, 1.165) is 38.8 Å². The Labute approximate surface area is 209 Å². The molecule has 0 radical (unpaired) electrons. The fraction of sp³-hybridized carbons (Fsp3) is 0.667. The number of anilines is 1. The van der Waals surface area contributed by atoms with Crippen LogP contribution in [0.25, 0.3) is 10.9 Å². The minimum atomic E-state index is -0.685. The number of nitrogens with one attached hydrogen (secondary N) is 1. The molecule has 1 amide bonds. The summed E-state index contributed by atoms with van der Waals surface area (Å²) in [5.74, 6) is 0.270. The van der Waals surface area contributed by atoms with Gasteiger partial charge in [-0.25, -0.2) is 14.2 Å². The summed E-state index contributed by atoms with van der Waals surface area (Å²) in [7, 11) is 0. The van der Waals surface area contributed by atoms with Crippen LogP contribution in [-0.2, 0) is 4.74 Å². The van der Waals surface area contributed by atoms with E-state index < -0.39 is 11.4 Å². The highest BCUT2D eigenvalue weighted by molar-refractivity contribution is 6.30. The van der Waals surface area contributed by atoms with Crippen molar-refractivity contribution in [2.45, 2.75) is 64.1 Å². The lowest BCUT2D eigenvalue weighted by molar-refractivity contribution is 0.0123. The monoisotopic (exact) mass is 506 g/mol. The summed E-state index contributed by atoms with van der Waals surface area (Å²) in [5, 5.41) is 3.58. The topological polar surface area (TPSA) is 92.7 Å². The number of halogens is 2.